The standard InChI is InChI=1S/C13H20N2O3S/c1-13(17,11-3-5-19-8-11)9-15-12(16)14-6-10-2-4-18-7-10/h3,5,8,10,17H,2,4,6-7,9H2,1H3,(H2,14,15,16). The van der Waals surface area contributed by atoms with Crippen LogP contribution in [0.25, 0.3) is 0 Å². The van der Waals surface area contributed by atoms with Crippen molar-refractivity contribution in [1.29, 1.82) is 0 Å². The van der Waals surface area contributed by atoms with Gasteiger partial charge in [0.1, 0.15) is 5.60 Å². The highest BCUT2D eigenvalue weighted by Gasteiger charge is 2.24. The van der Waals surface area contributed by atoms with Gasteiger partial charge in [-0.2, -0.15) is 11.3 Å². The average Bonchev–Trinajstić information content (AvgIpc) is 3.06. The maximum Gasteiger partial charge on any atom is 0.314 e. The topological polar surface area (TPSA) is 70.6 Å². The van der Waals surface area contributed by atoms with E-state index in [1.165, 1.54) is 11.3 Å². The summed E-state index contributed by atoms with van der Waals surface area (Å²) < 4.78 is 5.24. The number of nitrogens with one attached hydrogen (secondary N) is 2. The quantitative estimate of drug-likeness (QED) is 0.763. The lowest BCUT2D eigenvalue weighted by molar-refractivity contribution is 0.0598. The molecule has 1 aromatic rings. The molecule has 2 heterocycles. The maximum atomic E-state index is 11.6. The highest BCUT2D eigenvalue weighted by Crippen LogP contribution is 2.21. The summed E-state index contributed by atoms with van der Waals surface area (Å²) >= 11 is 1.53. The molecule has 1 aliphatic rings. The van der Waals surface area contributed by atoms with E-state index in [2.05, 4.69) is 10.6 Å². The minimum absolute atomic E-state index is 0.191. The Labute approximate surface area is 117 Å². The summed E-state index contributed by atoms with van der Waals surface area (Å²) in [6.45, 7) is 4.00. The van der Waals surface area contributed by atoms with E-state index >= 15 is 0 Å². The zero-order valence-electron chi connectivity index (χ0n) is 11.0. The van der Waals surface area contributed by atoms with Crippen molar-refractivity contribution in [2.45, 2.75) is 18.9 Å². The maximum absolute atomic E-state index is 11.6. The van der Waals surface area contributed by atoms with Gasteiger partial charge in [-0.15, -0.1) is 0 Å². The lowest BCUT2D eigenvalue weighted by Crippen LogP contribution is -2.44. The molecule has 19 heavy (non-hydrogen) atoms. The molecule has 0 saturated carbocycles. The van der Waals surface area contributed by atoms with E-state index in [4.69, 9.17) is 4.74 Å². The number of amides is 2. The molecule has 2 unspecified atom stereocenters. The molecule has 2 amide bonds. The van der Waals surface area contributed by atoms with Crippen molar-refractivity contribution in [3.05, 3.63) is 22.4 Å². The second-order valence-corrected chi connectivity index (χ2v) is 5.86. The van der Waals surface area contributed by atoms with Crippen LogP contribution in [0.15, 0.2) is 16.8 Å². The predicted octanol–water partition coefficient (Wildman–Crippen LogP) is 1.29. The number of aliphatic hydroxyl groups is 1. The minimum Gasteiger partial charge on any atom is -0.384 e. The molecule has 2 rings (SSSR count). The zero-order chi connectivity index (χ0) is 13.7. The fourth-order valence-electron chi connectivity index (χ4n) is 1.97. The van der Waals surface area contributed by atoms with Crippen LogP contribution in [0.3, 0.4) is 0 Å². The normalized spacial score (nSPS) is 21.9. The van der Waals surface area contributed by atoms with Crippen LogP contribution in [0.2, 0.25) is 0 Å². The van der Waals surface area contributed by atoms with Crippen LogP contribution >= 0.6 is 11.3 Å². The summed E-state index contributed by atoms with van der Waals surface area (Å²) in [6, 6.07) is 1.61. The molecule has 1 fully saturated rings. The van der Waals surface area contributed by atoms with Gasteiger partial charge in [0.05, 0.1) is 13.2 Å². The third-order valence-electron chi connectivity index (χ3n) is 3.31. The number of thiophene rings is 1. The second-order valence-electron chi connectivity index (χ2n) is 5.08. The van der Waals surface area contributed by atoms with E-state index in [0.29, 0.717) is 19.1 Å². The molecule has 5 nitrogen and oxygen atoms in total. The minimum atomic E-state index is -1.03. The van der Waals surface area contributed by atoms with Gasteiger partial charge in [0.15, 0.2) is 0 Å². The second kappa shape index (κ2) is 6.36. The summed E-state index contributed by atoms with van der Waals surface area (Å²) in [5.41, 5.74) is -0.213. The summed E-state index contributed by atoms with van der Waals surface area (Å²) in [5.74, 6) is 0.406. The predicted molar refractivity (Wildman–Crippen MR) is 74.2 cm³/mol. The molecule has 3 N–H and O–H groups in total. The molecular weight excluding hydrogens is 264 g/mol. The van der Waals surface area contributed by atoms with Crippen molar-refractivity contribution < 1.29 is 14.6 Å². The molecule has 0 radical (unpaired) electrons. The summed E-state index contributed by atoms with van der Waals surface area (Å²) in [7, 11) is 0. The van der Waals surface area contributed by atoms with Gasteiger partial charge in [0.25, 0.3) is 0 Å². The first-order valence-corrected chi connectivity index (χ1v) is 7.37. The summed E-state index contributed by atoms with van der Waals surface area (Å²) in [6.07, 6.45) is 0.993. The monoisotopic (exact) mass is 284 g/mol. The van der Waals surface area contributed by atoms with Crippen molar-refractivity contribution >= 4 is 17.4 Å². The van der Waals surface area contributed by atoms with Crippen molar-refractivity contribution in [3.8, 4) is 0 Å². The van der Waals surface area contributed by atoms with Gasteiger partial charge < -0.3 is 20.5 Å². The molecule has 6 heteroatoms. The number of carbonyl (C=O) groups is 1. The molecular formula is C13H20N2O3S. The third kappa shape index (κ3) is 4.19. The van der Waals surface area contributed by atoms with Gasteiger partial charge in [0.2, 0.25) is 0 Å². The van der Waals surface area contributed by atoms with Crippen LogP contribution in [0, 0.1) is 5.92 Å². The van der Waals surface area contributed by atoms with E-state index in [9.17, 15) is 9.90 Å². The molecule has 0 bridgehead atoms. The summed E-state index contributed by atoms with van der Waals surface area (Å²) in [4.78, 5) is 11.6. The molecule has 0 spiro atoms. The van der Waals surface area contributed by atoms with Gasteiger partial charge in [-0.05, 0) is 35.7 Å². The first kappa shape index (κ1) is 14.3. The fourth-order valence-corrected chi connectivity index (χ4v) is 2.75. The van der Waals surface area contributed by atoms with Crippen molar-refractivity contribution in [3.63, 3.8) is 0 Å². The van der Waals surface area contributed by atoms with Crippen molar-refractivity contribution in [1.82, 2.24) is 10.6 Å². The van der Waals surface area contributed by atoms with Crippen molar-refractivity contribution in [2.24, 2.45) is 5.92 Å². The Morgan fingerprint density at radius 1 is 1.63 bits per heavy atom. The molecule has 1 aromatic heterocycles. The van der Waals surface area contributed by atoms with E-state index in [0.717, 1.165) is 18.6 Å². The number of carbonyl (C=O) groups excluding carboxylic acids is 1. The molecule has 0 aliphatic carbocycles. The lowest BCUT2D eigenvalue weighted by atomic mass is 9.99. The fraction of sp³-hybridized carbons (Fsp3) is 0.615. The number of rotatable bonds is 5. The van der Waals surface area contributed by atoms with Crippen LogP contribution in [0.1, 0.15) is 18.9 Å². The van der Waals surface area contributed by atoms with Gasteiger partial charge in [-0.1, -0.05) is 0 Å². The molecule has 106 valence electrons. The largest absolute Gasteiger partial charge is 0.384 e. The molecule has 1 aliphatic heterocycles. The van der Waals surface area contributed by atoms with E-state index in [1.807, 2.05) is 16.8 Å². The van der Waals surface area contributed by atoms with Crippen molar-refractivity contribution in [2.75, 3.05) is 26.3 Å². The molecule has 1 saturated heterocycles. The third-order valence-corrected chi connectivity index (χ3v) is 3.99. The van der Waals surface area contributed by atoms with Crippen LogP contribution < -0.4 is 10.6 Å². The first-order chi connectivity index (χ1) is 9.08. The Bertz CT molecular complexity index is 400. The van der Waals surface area contributed by atoms with Gasteiger partial charge in [-0.3, -0.25) is 0 Å². The van der Waals surface area contributed by atoms with E-state index < -0.39 is 5.60 Å². The van der Waals surface area contributed by atoms with E-state index in [1.54, 1.807) is 6.92 Å². The van der Waals surface area contributed by atoms with Gasteiger partial charge in [0, 0.05) is 19.1 Å². The highest BCUT2D eigenvalue weighted by atomic mass is 32.1. The number of urea groups is 1. The van der Waals surface area contributed by atoms with Crippen LogP contribution in [-0.4, -0.2) is 37.4 Å². The summed E-state index contributed by atoms with van der Waals surface area (Å²) in [5, 5.41) is 19.5. The highest BCUT2D eigenvalue weighted by molar-refractivity contribution is 7.08. The zero-order valence-corrected chi connectivity index (χ0v) is 11.8. The Morgan fingerprint density at radius 2 is 2.47 bits per heavy atom. The number of hydrogen-bond donors (Lipinski definition) is 3. The Kier molecular flexibility index (Phi) is 4.79. The average molecular weight is 284 g/mol. The molecule has 0 aromatic carbocycles. The Balaban J connectivity index is 1.70. The SMILES string of the molecule is CC(O)(CNC(=O)NCC1CCOC1)c1ccsc1. The van der Waals surface area contributed by atoms with E-state index in [-0.39, 0.29) is 12.6 Å². The van der Waals surface area contributed by atoms with Gasteiger partial charge in [-0.25, -0.2) is 4.79 Å². The smallest absolute Gasteiger partial charge is 0.314 e. The number of hydrogen-bond acceptors (Lipinski definition) is 4. The van der Waals surface area contributed by atoms with Gasteiger partial charge >= 0.3 is 6.03 Å². The lowest BCUT2D eigenvalue weighted by Gasteiger charge is -2.23. The Morgan fingerprint density at radius 3 is 3.11 bits per heavy atom. The van der Waals surface area contributed by atoms with Crippen LogP contribution in [0.5, 0.6) is 0 Å². The van der Waals surface area contributed by atoms with Crippen LogP contribution in [0.4, 0.5) is 4.79 Å². The van der Waals surface area contributed by atoms with Crippen LogP contribution in [-0.2, 0) is 10.3 Å². The molecule has 2 atom stereocenters. The number of ether oxygens (including phenoxy) is 1. The Hall–Kier alpha value is -1.11. The first-order valence-electron chi connectivity index (χ1n) is 6.42.